The minimum absolute atomic E-state index is 0.00469. The lowest BCUT2D eigenvalue weighted by molar-refractivity contribution is 0.0469. The molecule has 0 radical (unpaired) electrons. The number of primary sulfonamides is 1. The van der Waals surface area contributed by atoms with Crippen LogP contribution in [-0.4, -0.2) is 21.5 Å². The van der Waals surface area contributed by atoms with Crippen molar-refractivity contribution in [2.75, 3.05) is 7.11 Å². The number of rotatable bonds is 6. The van der Waals surface area contributed by atoms with Crippen LogP contribution in [0, 0.1) is 0 Å². The molecule has 0 aliphatic carbocycles. The van der Waals surface area contributed by atoms with E-state index in [0.29, 0.717) is 0 Å². The van der Waals surface area contributed by atoms with E-state index in [0.717, 1.165) is 22.8 Å². The molecule has 0 saturated heterocycles. The SMILES string of the molecule is COc1ccc(S(N)(=O)=O)cc1C(=O)OCc1ccc(-c2ccccc2)cc1. The normalized spacial score (nSPS) is 11.1. The van der Waals surface area contributed by atoms with E-state index in [9.17, 15) is 13.2 Å². The summed E-state index contributed by atoms with van der Waals surface area (Å²) in [7, 11) is -2.57. The van der Waals surface area contributed by atoms with Gasteiger partial charge in [0.15, 0.2) is 0 Å². The van der Waals surface area contributed by atoms with E-state index in [1.165, 1.54) is 19.2 Å². The zero-order chi connectivity index (χ0) is 20.1. The van der Waals surface area contributed by atoms with Crippen LogP contribution in [0.15, 0.2) is 77.7 Å². The van der Waals surface area contributed by atoms with Gasteiger partial charge in [0, 0.05) is 0 Å². The Morgan fingerprint density at radius 2 is 1.57 bits per heavy atom. The Morgan fingerprint density at radius 1 is 0.929 bits per heavy atom. The summed E-state index contributed by atoms with van der Waals surface area (Å²) in [6.07, 6.45) is 0. The van der Waals surface area contributed by atoms with Crippen LogP contribution in [-0.2, 0) is 21.4 Å². The quantitative estimate of drug-likeness (QED) is 0.644. The molecule has 0 aliphatic heterocycles. The van der Waals surface area contributed by atoms with Gasteiger partial charge in [-0.05, 0) is 34.9 Å². The maximum atomic E-state index is 12.4. The van der Waals surface area contributed by atoms with Crippen molar-refractivity contribution in [3.05, 3.63) is 83.9 Å². The van der Waals surface area contributed by atoms with Gasteiger partial charge < -0.3 is 9.47 Å². The second kappa shape index (κ2) is 8.24. The van der Waals surface area contributed by atoms with Crippen molar-refractivity contribution in [1.82, 2.24) is 0 Å². The Balaban J connectivity index is 1.73. The van der Waals surface area contributed by atoms with E-state index >= 15 is 0 Å². The standard InChI is InChI=1S/C21H19NO5S/c1-26-20-12-11-18(28(22,24)25)13-19(20)21(23)27-14-15-7-9-17(10-8-15)16-5-3-2-4-6-16/h2-13H,14H2,1H3,(H2,22,24,25). The van der Waals surface area contributed by atoms with Crippen molar-refractivity contribution >= 4 is 16.0 Å². The van der Waals surface area contributed by atoms with Crippen LogP contribution in [0.2, 0.25) is 0 Å². The number of carbonyl (C=O) groups excluding carboxylic acids is 1. The molecule has 0 spiro atoms. The van der Waals surface area contributed by atoms with Crippen molar-refractivity contribution in [2.45, 2.75) is 11.5 Å². The minimum atomic E-state index is -3.95. The highest BCUT2D eigenvalue weighted by molar-refractivity contribution is 7.89. The molecule has 0 bridgehead atoms. The zero-order valence-corrected chi connectivity index (χ0v) is 16.0. The first kappa shape index (κ1) is 19.6. The molecular weight excluding hydrogens is 378 g/mol. The number of benzene rings is 3. The highest BCUT2D eigenvalue weighted by atomic mass is 32.2. The maximum Gasteiger partial charge on any atom is 0.342 e. The Kier molecular flexibility index (Phi) is 5.77. The molecule has 3 aromatic rings. The van der Waals surface area contributed by atoms with Crippen molar-refractivity contribution in [3.63, 3.8) is 0 Å². The highest BCUT2D eigenvalue weighted by Gasteiger charge is 2.18. The van der Waals surface area contributed by atoms with Gasteiger partial charge in [-0.2, -0.15) is 0 Å². The molecule has 0 atom stereocenters. The third-order valence-corrected chi connectivity index (χ3v) is 5.06. The molecule has 0 aliphatic rings. The highest BCUT2D eigenvalue weighted by Crippen LogP contribution is 2.24. The van der Waals surface area contributed by atoms with Crippen molar-refractivity contribution in [2.24, 2.45) is 5.14 Å². The zero-order valence-electron chi connectivity index (χ0n) is 15.2. The molecule has 3 aromatic carbocycles. The third-order valence-electron chi connectivity index (χ3n) is 4.15. The molecule has 0 fully saturated rings. The average molecular weight is 397 g/mol. The minimum Gasteiger partial charge on any atom is -0.496 e. The van der Waals surface area contributed by atoms with Gasteiger partial charge in [-0.3, -0.25) is 0 Å². The van der Waals surface area contributed by atoms with Gasteiger partial charge in [-0.1, -0.05) is 54.6 Å². The van der Waals surface area contributed by atoms with E-state index in [4.69, 9.17) is 14.6 Å². The molecule has 3 rings (SSSR count). The van der Waals surface area contributed by atoms with E-state index < -0.39 is 16.0 Å². The predicted molar refractivity (Wildman–Crippen MR) is 105 cm³/mol. The third kappa shape index (κ3) is 4.57. The molecule has 0 saturated carbocycles. The lowest BCUT2D eigenvalue weighted by Gasteiger charge is -2.10. The van der Waals surface area contributed by atoms with Crippen LogP contribution in [0.5, 0.6) is 5.75 Å². The number of carbonyl (C=O) groups is 1. The number of methoxy groups -OCH3 is 1. The van der Waals surface area contributed by atoms with E-state index in [-0.39, 0.29) is 22.8 Å². The van der Waals surface area contributed by atoms with Gasteiger partial charge >= 0.3 is 5.97 Å². The Hall–Kier alpha value is -3.16. The monoisotopic (exact) mass is 397 g/mol. The predicted octanol–water partition coefficient (Wildman–Crippen LogP) is 3.37. The summed E-state index contributed by atoms with van der Waals surface area (Å²) < 4.78 is 33.5. The van der Waals surface area contributed by atoms with Crippen LogP contribution in [0.1, 0.15) is 15.9 Å². The first-order chi connectivity index (χ1) is 13.4. The van der Waals surface area contributed by atoms with Crippen molar-refractivity contribution in [3.8, 4) is 16.9 Å². The molecule has 0 aromatic heterocycles. The van der Waals surface area contributed by atoms with Gasteiger partial charge in [0.25, 0.3) is 0 Å². The topological polar surface area (TPSA) is 95.7 Å². The van der Waals surface area contributed by atoms with Crippen LogP contribution in [0.3, 0.4) is 0 Å². The van der Waals surface area contributed by atoms with Crippen molar-refractivity contribution < 1.29 is 22.7 Å². The van der Waals surface area contributed by atoms with Gasteiger partial charge in [-0.15, -0.1) is 0 Å². The summed E-state index contributed by atoms with van der Waals surface area (Å²) in [5, 5.41) is 5.12. The first-order valence-corrected chi connectivity index (χ1v) is 9.95. The summed E-state index contributed by atoms with van der Waals surface area (Å²) in [6.45, 7) is 0.0384. The number of nitrogens with two attached hydrogens (primary N) is 1. The van der Waals surface area contributed by atoms with Gasteiger partial charge in [-0.25, -0.2) is 18.4 Å². The largest absolute Gasteiger partial charge is 0.496 e. The van der Waals surface area contributed by atoms with Crippen LogP contribution >= 0.6 is 0 Å². The van der Waals surface area contributed by atoms with Gasteiger partial charge in [0.05, 0.1) is 12.0 Å². The number of hydrogen-bond acceptors (Lipinski definition) is 5. The van der Waals surface area contributed by atoms with Crippen molar-refractivity contribution in [1.29, 1.82) is 0 Å². The molecule has 2 N–H and O–H groups in total. The summed E-state index contributed by atoms with van der Waals surface area (Å²) in [6, 6.07) is 21.3. The smallest absolute Gasteiger partial charge is 0.342 e. The second-order valence-corrected chi connectivity index (χ2v) is 7.61. The fourth-order valence-electron chi connectivity index (χ4n) is 2.67. The number of ether oxygens (including phenoxy) is 2. The summed E-state index contributed by atoms with van der Waals surface area (Å²) >= 11 is 0. The molecule has 0 amide bonds. The lowest BCUT2D eigenvalue weighted by atomic mass is 10.0. The molecule has 7 heteroatoms. The lowest BCUT2D eigenvalue weighted by Crippen LogP contribution is -2.14. The summed E-state index contributed by atoms with van der Waals surface area (Å²) in [5.74, 6) is -0.494. The molecule has 0 unspecified atom stereocenters. The van der Waals surface area contributed by atoms with Crippen LogP contribution in [0.4, 0.5) is 0 Å². The van der Waals surface area contributed by atoms with Gasteiger partial charge in [0.2, 0.25) is 10.0 Å². The molecule has 28 heavy (non-hydrogen) atoms. The van der Waals surface area contributed by atoms with E-state index in [1.807, 2.05) is 54.6 Å². The fraction of sp³-hybridized carbons (Fsp3) is 0.0952. The number of hydrogen-bond donors (Lipinski definition) is 1. The summed E-state index contributed by atoms with van der Waals surface area (Å²) in [5.41, 5.74) is 2.94. The van der Waals surface area contributed by atoms with E-state index in [2.05, 4.69) is 0 Å². The molecular formula is C21H19NO5S. The van der Waals surface area contributed by atoms with Crippen LogP contribution in [0.25, 0.3) is 11.1 Å². The molecule has 144 valence electrons. The van der Waals surface area contributed by atoms with Gasteiger partial charge in [0.1, 0.15) is 17.9 Å². The van der Waals surface area contributed by atoms with E-state index in [1.54, 1.807) is 0 Å². The summed E-state index contributed by atoms with van der Waals surface area (Å²) in [4.78, 5) is 12.2. The first-order valence-electron chi connectivity index (χ1n) is 8.41. The average Bonchev–Trinajstić information content (AvgIpc) is 2.72. The Labute approximate surface area is 163 Å². The second-order valence-electron chi connectivity index (χ2n) is 6.05. The maximum absolute atomic E-state index is 12.4. The number of esters is 1. The Morgan fingerprint density at radius 3 is 2.18 bits per heavy atom. The number of sulfonamides is 1. The molecule has 6 nitrogen and oxygen atoms in total. The molecule has 0 heterocycles. The fourth-order valence-corrected chi connectivity index (χ4v) is 3.21. The Bertz CT molecular complexity index is 1080. The van der Waals surface area contributed by atoms with Crippen LogP contribution < -0.4 is 9.88 Å².